The highest BCUT2D eigenvalue weighted by Gasteiger charge is 2.18. The van der Waals surface area contributed by atoms with Gasteiger partial charge < -0.3 is 16.4 Å². The largest absolute Gasteiger partial charge is 0.397 e. The van der Waals surface area contributed by atoms with E-state index >= 15 is 0 Å². The first-order chi connectivity index (χ1) is 14.9. The van der Waals surface area contributed by atoms with E-state index in [1.165, 1.54) is 11.3 Å². The minimum atomic E-state index is -0.555. The third kappa shape index (κ3) is 3.79. The molecule has 0 fully saturated rings. The standard InChI is InChI=1S/C22H20N6O2S/c1-27(2)16(12-29)11-28-10-15(9-26-28)13-3-5-14(6-4-13)17-7-8-25-22-18(17)19(23)20(31-22)21(24)30/h3-10H,11,23H2,1-2H3,(H2,24,30). The molecule has 0 aliphatic heterocycles. The Morgan fingerprint density at radius 3 is 2.52 bits per heavy atom. The number of allylic oxidation sites excluding steroid dienone is 1. The van der Waals surface area contributed by atoms with E-state index in [2.05, 4.69) is 10.1 Å². The molecule has 0 unspecified atom stereocenters. The molecule has 9 heteroatoms. The van der Waals surface area contributed by atoms with Crippen LogP contribution in [0.25, 0.3) is 32.5 Å². The number of aromatic nitrogens is 3. The van der Waals surface area contributed by atoms with Crippen molar-refractivity contribution in [1.82, 2.24) is 19.7 Å². The third-order valence-corrected chi connectivity index (χ3v) is 6.11. The molecular weight excluding hydrogens is 412 g/mol. The van der Waals surface area contributed by atoms with E-state index in [1.54, 1.807) is 36.1 Å². The van der Waals surface area contributed by atoms with Crippen LogP contribution in [-0.2, 0) is 11.3 Å². The molecule has 4 rings (SSSR count). The van der Waals surface area contributed by atoms with Crippen molar-refractivity contribution in [2.24, 2.45) is 5.73 Å². The lowest BCUT2D eigenvalue weighted by Gasteiger charge is -2.12. The summed E-state index contributed by atoms with van der Waals surface area (Å²) in [6, 6.07) is 9.82. The first-order valence-electron chi connectivity index (χ1n) is 9.40. The molecule has 0 spiro atoms. The van der Waals surface area contributed by atoms with Gasteiger partial charge >= 0.3 is 0 Å². The van der Waals surface area contributed by atoms with Crippen LogP contribution in [0.4, 0.5) is 5.69 Å². The predicted octanol–water partition coefficient (Wildman–Crippen LogP) is 2.79. The number of primary amides is 1. The number of hydrogen-bond acceptors (Lipinski definition) is 7. The quantitative estimate of drug-likeness (QED) is 0.452. The Morgan fingerprint density at radius 1 is 1.16 bits per heavy atom. The molecule has 0 saturated carbocycles. The van der Waals surface area contributed by atoms with Crippen LogP contribution in [0.1, 0.15) is 9.67 Å². The Kier molecular flexibility index (Phi) is 5.29. The van der Waals surface area contributed by atoms with Gasteiger partial charge in [-0.3, -0.25) is 9.48 Å². The topological polar surface area (TPSA) is 120 Å². The maximum atomic E-state index is 11.7. The van der Waals surface area contributed by atoms with Crippen molar-refractivity contribution in [3.63, 3.8) is 0 Å². The van der Waals surface area contributed by atoms with Gasteiger partial charge in [0.05, 0.1) is 18.4 Å². The van der Waals surface area contributed by atoms with Crippen molar-refractivity contribution >= 4 is 39.1 Å². The molecule has 0 atom stereocenters. The first-order valence-corrected chi connectivity index (χ1v) is 10.2. The minimum Gasteiger partial charge on any atom is -0.397 e. The van der Waals surface area contributed by atoms with E-state index in [1.807, 2.05) is 42.5 Å². The molecule has 3 heterocycles. The van der Waals surface area contributed by atoms with Crippen molar-refractivity contribution in [2.75, 3.05) is 19.8 Å². The predicted molar refractivity (Wildman–Crippen MR) is 122 cm³/mol. The summed E-state index contributed by atoms with van der Waals surface area (Å²) in [5.74, 6) is 1.39. The number of amides is 1. The molecule has 8 nitrogen and oxygen atoms in total. The van der Waals surface area contributed by atoms with Crippen LogP contribution in [0.3, 0.4) is 0 Å². The lowest BCUT2D eigenvalue weighted by molar-refractivity contribution is 0.100. The summed E-state index contributed by atoms with van der Waals surface area (Å²) in [4.78, 5) is 29.8. The number of pyridine rings is 1. The number of rotatable bonds is 6. The van der Waals surface area contributed by atoms with Crippen LogP contribution in [0.15, 0.2) is 54.6 Å². The molecule has 1 amide bonds. The van der Waals surface area contributed by atoms with E-state index < -0.39 is 5.91 Å². The van der Waals surface area contributed by atoms with Crippen molar-refractivity contribution < 1.29 is 9.59 Å². The highest BCUT2D eigenvalue weighted by Crippen LogP contribution is 2.39. The monoisotopic (exact) mass is 432 g/mol. The second-order valence-electron chi connectivity index (χ2n) is 7.19. The zero-order valence-corrected chi connectivity index (χ0v) is 17.8. The fourth-order valence-corrected chi connectivity index (χ4v) is 4.27. The molecule has 0 aliphatic rings. The van der Waals surface area contributed by atoms with Gasteiger partial charge in [-0.1, -0.05) is 24.3 Å². The Bertz CT molecular complexity index is 1330. The third-order valence-electron chi connectivity index (χ3n) is 4.98. The van der Waals surface area contributed by atoms with Crippen LogP contribution >= 0.6 is 11.3 Å². The van der Waals surface area contributed by atoms with Crippen molar-refractivity contribution in [2.45, 2.75) is 6.54 Å². The molecule has 0 radical (unpaired) electrons. The van der Waals surface area contributed by atoms with Crippen LogP contribution in [0.2, 0.25) is 0 Å². The lowest BCUT2D eigenvalue weighted by Crippen LogP contribution is -2.17. The molecule has 156 valence electrons. The number of nitrogens with two attached hydrogens (primary N) is 2. The molecular formula is C22H20N6O2S. The maximum absolute atomic E-state index is 11.7. The zero-order chi connectivity index (χ0) is 22.1. The van der Waals surface area contributed by atoms with E-state index in [0.29, 0.717) is 27.6 Å². The van der Waals surface area contributed by atoms with E-state index in [9.17, 15) is 9.59 Å². The molecule has 4 aromatic rings. The molecule has 0 aliphatic carbocycles. The zero-order valence-electron chi connectivity index (χ0n) is 17.0. The average Bonchev–Trinajstić information content (AvgIpc) is 3.36. The Morgan fingerprint density at radius 2 is 1.87 bits per heavy atom. The number of likely N-dealkylation sites (N-methyl/N-ethyl adjacent to an activating group) is 1. The Hall–Kier alpha value is -3.94. The molecule has 0 bridgehead atoms. The molecule has 1 aromatic carbocycles. The number of carbonyl (C=O) groups is 1. The van der Waals surface area contributed by atoms with Crippen LogP contribution in [0.5, 0.6) is 0 Å². The average molecular weight is 433 g/mol. The summed E-state index contributed by atoms with van der Waals surface area (Å²) in [5, 5.41) is 5.07. The van der Waals surface area contributed by atoms with Crippen molar-refractivity contribution in [1.29, 1.82) is 0 Å². The van der Waals surface area contributed by atoms with Gasteiger partial charge in [-0.2, -0.15) is 5.10 Å². The van der Waals surface area contributed by atoms with Gasteiger partial charge in [-0.05, 0) is 22.8 Å². The van der Waals surface area contributed by atoms with Gasteiger partial charge in [0, 0.05) is 37.4 Å². The van der Waals surface area contributed by atoms with Crippen molar-refractivity contribution in [3.05, 3.63) is 59.5 Å². The minimum absolute atomic E-state index is 0.320. The van der Waals surface area contributed by atoms with Gasteiger partial charge in [-0.15, -0.1) is 11.3 Å². The smallest absolute Gasteiger partial charge is 0.260 e. The molecule has 0 saturated heterocycles. The highest BCUT2D eigenvalue weighted by atomic mass is 32.1. The first kappa shape index (κ1) is 20.3. The summed E-state index contributed by atoms with van der Waals surface area (Å²) >= 11 is 1.20. The van der Waals surface area contributed by atoms with Gasteiger partial charge in [0.1, 0.15) is 21.3 Å². The summed E-state index contributed by atoms with van der Waals surface area (Å²) in [7, 11) is 3.60. The number of fused-ring (bicyclic) bond motifs is 1. The SMILES string of the molecule is CN(C)C(=C=O)Cn1cc(-c2ccc(-c3ccnc4sc(C(N)=O)c(N)c34)cc2)cn1. The Balaban J connectivity index is 1.66. The Labute approximate surface area is 182 Å². The van der Waals surface area contributed by atoms with Gasteiger partial charge in [0.25, 0.3) is 5.91 Å². The van der Waals surface area contributed by atoms with Crippen LogP contribution in [0, 0.1) is 0 Å². The number of thiophene rings is 1. The second kappa shape index (κ2) is 8.06. The van der Waals surface area contributed by atoms with E-state index in [-0.39, 0.29) is 0 Å². The fourth-order valence-electron chi connectivity index (χ4n) is 3.33. The van der Waals surface area contributed by atoms with Gasteiger partial charge in [-0.25, -0.2) is 9.78 Å². The van der Waals surface area contributed by atoms with Crippen LogP contribution < -0.4 is 11.5 Å². The summed E-state index contributed by atoms with van der Waals surface area (Å²) in [6.45, 7) is 0.350. The number of nitrogen functional groups attached to an aromatic ring is 1. The fraction of sp³-hybridized carbons (Fsp3) is 0.136. The maximum Gasteiger partial charge on any atom is 0.260 e. The van der Waals surface area contributed by atoms with Crippen molar-refractivity contribution in [3.8, 4) is 22.3 Å². The normalized spacial score (nSPS) is 10.8. The molecule has 4 N–H and O–H groups in total. The number of nitrogens with zero attached hydrogens (tertiary/aromatic N) is 4. The molecule has 31 heavy (non-hydrogen) atoms. The summed E-state index contributed by atoms with van der Waals surface area (Å²) < 4.78 is 1.70. The number of hydrogen-bond donors (Lipinski definition) is 2. The van der Waals surface area contributed by atoms with Gasteiger partial charge in [0.2, 0.25) is 0 Å². The highest BCUT2D eigenvalue weighted by molar-refractivity contribution is 7.21. The summed E-state index contributed by atoms with van der Waals surface area (Å²) in [5.41, 5.74) is 16.3. The second-order valence-corrected chi connectivity index (χ2v) is 8.19. The van der Waals surface area contributed by atoms with E-state index in [0.717, 1.165) is 27.6 Å². The van der Waals surface area contributed by atoms with E-state index in [4.69, 9.17) is 11.5 Å². The van der Waals surface area contributed by atoms with Crippen LogP contribution in [-0.4, -0.2) is 45.6 Å². The number of benzene rings is 1. The number of anilines is 1. The molecule has 3 aromatic heterocycles. The number of carbonyl (C=O) groups excluding carboxylic acids is 2. The van der Waals surface area contributed by atoms with Gasteiger partial charge in [0.15, 0.2) is 0 Å². The lowest BCUT2D eigenvalue weighted by atomic mass is 10.00. The summed E-state index contributed by atoms with van der Waals surface area (Å²) in [6.07, 6.45) is 5.34.